The van der Waals surface area contributed by atoms with Crippen LogP contribution in [-0.4, -0.2) is 24.1 Å². The van der Waals surface area contributed by atoms with Crippen molar-refractivity contribution in [3.05, 3.63) is 47.6 Å². The van der Waals surface area contributed by atoms with Gasteiger partial charge in [0.15, 0.2) is 5.15 Å². The van der Waals surface area contributed by atoms with Crippen molar-refractivity contribution < 1.29 is 13.2 Å². The summed E-state index contributed by atoms with van der Waals surface area (Å²) in [5.74, 6) is 0.412. The maximum atomic E-state index is 12.7. The number of anilines is 2. The largest absolute Gasteiger partial charge is 0.326 e. The van der Waals surface area contributed by atoms with E-state index in [2.05, 4.69) is 15.1 Å². The zero-order valence-electron chi connectivity index (χ0n) is 15.9. The lowest BCUT2D eigenvalue weighted by Gasteiger charge is -2.25. The van der Waals surface area contributed by atoms with Gasteiger partial charge >= 0.3 is 0 Å². The highest BCUT2D eigenvalue weighted by Crippen LogP contribution is 2.32. The number of rotatable bonds is 6. The Hall–Kier alpha value is -2.58. The molecule has 2 aromatic carbocycles. The fraction of sp³-hybridized carbons (Fsp3) is 0.300. The van der Waals surface area contributed by atoms with Crippen molar-refractivity contribution >= 4 is 49.8 Å². The molecule has 1 aromatic heterocycles. The van der Waals surface area contributed by atoms with E-state index < -0.39 is 10.0 Å². The van der Waals surface area contributed by atoms with E-state index in [0.717, 1.165) is 12.1 Å². The number of halogens is 1. The number of fused-ring (bicyclic) bond motifs is 1. The molecule has 1 saturated carbocycles. The highest BCUT2D eigenvalue weighted by molar-refractivity contribution is 7.92. The van der Waals surface area contributed by atoms with Crippen molar-refractivity contribution in [2.24, 2.45) is 5.92 Å². The molecular formula is C20H21ClN4O3S. The van der Waals surface area contributed by atoms with E-state index in [1.165, 1.54) is 38.3 Å². The number of sulfonamides is 1. The van der Waals surface area contributed by atoms with Gasteiger partial charge in [0.2, 0.25) is 5.91 Å². The molecule has 3 aromatic rings. The molecule has 0 radical (unpaired) electrons. The van der Waals surface area contributed by atoms with E-state index in [4.69, 9.17) is 11.6 Å². The summed E-state index contributed by atoms with van der Waals surface area (Å²) in [4.78, 5) is 11.2. The molecule has 1 amide bonds. The first kappa shape index (κ1) is 19.7. The second kappa shape index (κ2) is 7.68. The number of hydrogen-bond donors (Lipinski definition) is 2. The molecule has 0 spiro atoms. The Balaban J connectivity index is 1.56. The molecule has 1 aliphatic rings. The standard InChI is InChI=1S/C20H21ClN4O3S/c1-13(26)22-15-5-8-17(9-6-15)29(27,28)24-16-7-10-19-18(11-16)20(21)23-25(19)12-14-3-2-4-14/h5-11,14,24H,2-4,12H2,1H3,(H,22,26). The van der Waals surface area contributed by atoms with Gasteiger partial charge in [0.05, 0.1) is 10.4 Å². The molecule has 0 bridgehead atoms. The predicted octanol–water partition coefficient (Wildman–Crippen LogP) is 4.25. The first-order chi connectivity index (χ1) is 13.8. The number of amides is 1. The Morgan fingerprint density at radius 2 is 1.86 bits per heavy atom. The van der Waals surface area contributed by atoms with Crippen LogP contribution < -0.4 is 10.0 Å². The zero-order valence-corrected chi connectivity index (χ0v) is 17.4. The van der Waals surface area contributed by atoms with Crippen molar-refractivity contribution in [3.8, 4) is 0 Å². The Labute approximate surface area is 174 Å². The van der Waals surface area contributed by atoms with Crippen LogP contribution >= 0.6 is 11.6 Å². The van der Waals surface area contributed by atoms with Crippen molar-refractivity contribution in [3.63, 3.8) is 0 Å². The molecular weight excluding hydrogens is 412 g/mol. The Morgan fingerprint density at radius 3 is 2.48 bits per heavy atom. The van der Waals surface area contributed by atoms with Crippen LogP contribution in [0.25, 0.3) is 10.9 Å². The molecule has 1 aliphatic carbocycles. The molecule has 1 heterocycles. The first-order valence-electron chi connectivity index (χ1n) is 9.38. The number of carbonyl (C=O) groups is 1. The third kappa shape index (κ3) is 4.23. The van der Waals surface area contributed by atoms with Crippen molar-refractivity contribution in [1.82, 2.24) is 9.78 Å². The number of nitrogens with zero attached hydrogens (tertiary/aromatic N) is 2. The molecule has 0 atom stereocenters. The Morgan fingerprint density at radius 1 is 1.17 bits per heavy atom. The molecule has 0 saturated heterocycles. The summed E-state index contributed by atoms with van der Waals surface area (Å²) in [6.07, 6.45) is 3.67. The Kier molecular flexibility index (Phi) is 5.23. The summed E-state index contributed by atoms with van der Waals surface area (Å²) in [5.41, 5.74) is 1.83. The third-order valence-corrected chi connectivity index (χ3v) is 6.77. The van der Waals surface area contributed by atoms with Crippen LogP contribution in [0.3, 0.4) is 0 Å². The minimum atomic E-state index is -3.78. The molecule has 9 heteroatoms. The number of nitrogens with one attached hydrogen (secondary N) is 2. The van der Waals surface area contributed by atoms with Gasteiger partial charge in [-0.25, -0.2) is 8.42 Å². The molecule has 2 N–H and O–H groups in total. The molecule has 152 valence electrons. The van der Waals surface area contributed by atoms with Gasteiger partial charge in [0, 0.05) is 30.2 Å². The predicted molar refractivity (Wildman–Crippen MR) is 114 cm³/mol. The normalized spacial score (nSPS) is 14.6. The number of carbonyl (C=O) groups excluding carboxylic acids is 1. The maximum absolute atomic E-state index is 12.7. The van der Waals surface area contributed by atoms with Gasteiger partial charge in [-0.1, -0.05) is 18.0 Å². The molecule has 0 aliphatic heterocycles. The minimum absolute atomic E-state index is 0.0958. The summed E-state index contributed by atoms with van der Waals surface area (Å²) in [6.45, 7) is 2.22. The lowest BCUT2D eigenvalue weighted by molar-refractivity contribution is -0.114. The highest BCUT2D eigenvalue weighted by Gasteiger charge is 2.21. The Bertz CT molecular complexity index is 1170. The number of benzene rings is 2. The summed E-state index contributed by atoms with van der Waals surface area (Å²) >= 11 is 6.30. The van der Waals surface area contributed by atoms with Gasteiger partial charge < -0.3 is 5.32 Å². The third-order valence-electron chi connectivity index (χ3n) is 5.10. The summed E-state index contributed by atoms with van der Waals surface area (Å²) in [5, 5.41) is 8.09. The van der Waals surface area contributed by atoms with Gasteiger partial charge in [-0.3, -0.25) is 14.2 Å². The van der Waals surface area contributed by atoms with Crippen LogP contribution in [0.2, 0.25) is 5.15 Å². The van der Waals surface area contributed by atoms with Crippen LogP contribution in [-0.2, 0) is 21.4 Å². The van der Waals surface area contributed by atoms with E-state index in [1.54, 1.807) is 24.3 Å². The first-order valence-corrected chi connectivity index (χ1v) is 11.2. The van der Waals surface area contributed by atoms with Crippen molar-refractivity contribution in [2.45, 2.75) is 37.6 Å². The number of aromatic nitrogens is 2. The zero-order chi connectivity index (χ0) is 20.6. The fourth-order valence-corrected chi connectivity index (χ4v) is 4.69. The average molecular weight is 433 g/mol. The summed E-state index contributed by atoms with van der Waals surface area (Å²) in [6, 6.07) is 11.2. The van der Waals surface area contributed by atoms with Crippen molar-refractivity contribution in [1.29, 1.82) is 0 Å². The van der Waals surface area contributed by atoms with E-state index in [9.17, 15) is 13.2 Å². The number of hydrogen-bond acceptors (Lipinski definition) is 4. The lowest BCUT2D eigenvalue weighted by atomic mass is 9.85. The topological polar surface area (TPSA) is 93.1 Å². The van der Waals surface area contributed by atoms with Gasteiger partial charge in [-0.05, 0) is 61.2 Å². The molecule has 1 fully saturated rings. The van der Waals surface area contributed by atoms with Gasteiger partial charge in [-0.2, -0.15) is 5.10 Å². The van der Waals surface area contributed by atoms with E-state index in [-0.39, 0.29) is 10.8 Å². The van der Waals surface area contributed by atoms with Crippen molar-refractivity contribution in [2.75, 3.05) is 10.0 Å². The van der Waals surface area contributed by atoms with Crippen LogP contribution in [0.15, 0.2) is 47.4 Å². The summed E-state index contributed by atoms with van der Waals surface area (Å²) in [7, 11) is -3.78. The van der Waals surface area contributed by atoms with Crippen LogP contribution in [0, 0.1) is 5.92 Å². The lowest BCUT2D eigenvalue weighted by Crippen LogP contribution is -2.18. The maximum Gasteiger partial charge on any atom is 0.261 e. The quantitative estimate of drug-likeness (QED) is 0.609. The SMILES string of the molecule is CC(=O)Nc1ccc(S(=O)(=O)Nc2ccc3c(c2)c(Cl)nn3CC2CCC2)cc1. The highest BCUT2D eigenvalue weighted by atomic mass is 35.5. The average Bonchev–Trinajstić information content (AvgIpc) is 2.93. The summed E-state index contributed by atoms with van der Waals surface area (Å²) < 4.78 is 29.9. The molecule has 4 rings (SSSR count). The van der Waals surface area contributed by atoms with Crippen LogP contribution in [0.5, 0.6) is 0 Å². The monoisotopic (exact) mass is 432 g/mol. The minimum Gasteiger partial charge on any atom is -0.326 e. The van der Waals surface area contributed by atoms with E-state index >= 15 is 0 Å². The second-order valence-electron chi connectivity index (χ2n) is 7.31. The second-order valence-corrected chi connectivity index (χ2v) is 9.35. The molecule has 7 nitrogen and oxygen atoms in total. The van der Waals surface area contributed by atoms with Crippen LogP contribution in [0.1, 0.15) is 26.2 Å². The van der Waals surface area contributed by atoms with Crippen LogP contribution in [0.4, 0.5) is 11.4 Å². The molecule has 29 heavy (non-hydrogen) atoms. The van der Waals surface area contributed by atoms with Gasteiger partial charge in [0.1, 0.15) is 0 Å². The van der Waals surface area contributed by atoms with E-state index in [1.807, 2.05) is 10.7 Å². The molecule has 0 unspecified atom stereocenters. The van der Waals surface area contributed by atoms with Gasteiger partial charge in [0.25, 0.3) is 10.0 Å². The fourth-order valence-electron chi connectivity index (χ4n) is 3.40. The smallest absolute Gasteiger partial charge is 0.261 e. The van der Waals surface area contributed by atoms with Gasteiger partial charge in [-0.15, -0.1) is 0 Å². The van der Waals surface area contributed by atoms with E-state index in [0.29, 0.717) is 27.8 Å².